The van der Waals surface area contributed by atoms with E-state index in [4.69, 9.17) is 4.52 Å². The van der Waals surface area contributed by atoms with Crippen molar-refractivity contribution in [1.29, 1.82) is 0 Å². The molecule has 0 bridgehead atoms. The average molecular weight is 211 g/mol. The van der Waals surface area contributed by atoms with E-state index in [1.165, 1.54) is 0 Å². The number of hydrogen-bond acceptors (Lipinski definition) is 2. The summed E-state index contributed by atoms with van der Waals surface area (Å²) in [5.41, 5.74) is 1.16. The van der Waals surface area contributed by atoms with Gasteiger partial charge in [0.2, 0.25) is 0 Å². The Morgan fingerprint density at radius 1 is 1.36 bits per heavy atom. The van der Waals surface area contributed by atoms with Gasteiger partial charge < -0.3 is 4.52 Å². The SMILES string of the molecule is Cc1ccc(P2(=O)NCCCO2)cc1. The number of benzene rings is 1. The van der Waals surface area contributed by atoms with Gasteiger partial charge in [0.1, 0.15) is 0 Å². The Morgan fingerprint density at radius 2 is 2.07 bits per heavy atom. The fourth-order valence-corrected chi connectivity index (χ4v) is 3.25. The second-order valence-corrected chi connectivity index (χ2v) is 5.68. The van der Waals surface area contributed by atoms with Crippen LogP contribution in [0.5, 0.6) is 0 Å². The van der Waals surface area contributed by atoms with Crippen molar-refractivity contribution < 1.29 is 9.09 Å². The number of rotatable bonds is 1. The highest BCUT2D eigenvalue weighted by molar-refractivity contribution is 7.65. The first kappa shape index (κ1) is 9.91. The average Bonchev–Trinajstić information content (AvgIpc) is 2.19. The van der Waals surface area contributed by atoms with Gasteiger partial charge in [0.25, 0.3) is 7.52 Å². The van der Waals surface area contributed by atoms with Crippen molar-refractivity contribution in [3.8, 4) is 0 Å². The van der Waals surface area contributed by atoms with E-state index < -0.39 is 7.52 Å². The van der Waals surface area contributed by atoms with Gasteiger partial charge >= 0.3 is 0 Å². The molecule has 1 aliphatic heterocycles. The molecule has 4 heteroatoms. The first-order valence-electron chi connectivity index (χ1n) is 4.78. The lowest BCUT2D eigenvalue weighted by Gasteiger charge is -2.24. The largest absolute Gasteiger partial charge is 0.314 e. The molecule has 14 heavy (non-hydrogen) atoms. The molecule has 0 aromatic heterocycles. The highest BCUT2D eigenvalue weighted by atomic mass is 31.2. The van der Waals surface area contributed by atoms with E-state index in [1.807, 2.05) is 31.2 Å². The van der Waals surface area contributed by atoms with E-state index in [2.05, 4.69) is 5.09 Å². The Labute approximate surface area is 84.0 Å². The van der Waals surface area contributed by atoms with Gasteiger partial charge in [0, 0.05) is 6.54 Å². The van der Waals surface area contributed by atoms with Gasteiger partial charge in [-0.25, -0.2) is 5.09 Å². The molecule has 76 valence electrons. The minimum Gasteiger partial charge on any atom is -0.314 e. The molecular formula is C10H14NO2P. The second kappa shape index (κ2) is 3.85. The van der Waals surface area contributed by atoms with Crippen LogP contribution in [0.3, 0.4) is 0 Å². The van der Waals surface area contributed by atoms with Crippen LogP contribution in [-0.2, 0) is 9.09 Å². The van der Waals surface area contributed by atoms with Crippen molar-refractivity contribution >= 4 is 12.8 Å². The molecule has 0 spiro atoms. The summed E-state index contributed by atoms with van der Waals surface area (Å²) in [5.74, 6) is 0. The molecule has 0 aliphatic carbocycles. The molecule has 0 amide bonds. The third kappa shape index (κ3) is 1.90. The molecule has 0 radical (unpaired) electrons. The number of hydrogen-bond donors (Lipinski definition) is 1. The van der Waals surface area contributed by atoms with Gasteiger partial charge in [-0.05, 0) is 25.5 Å². The first-order valence-corrected chi connectivity index (χ1v) is 6.40. The lowest BCUT2D eigenvalue weighted by atomic mass is 10.2. The smallest absolute Gasteiger partial charge is 0.299 e. The molecule has 1 saturated heterocycles. The van der Waals surface area contributed by atoms with Gasteiger partial charge in [-0.2, -0.15) is 0 Å². The molecule has 1 heterocycles. The number of aryl methyl sites for hydroxylation is 1. The summed E-state index contributed by atoms with van der Waals surface area (Å²) in [6, 6.07) is 7.64. The van der Waals surface area contributed by atoms with E-state index >= 15 is 0 Å². The predicted octanol–water partition coefficient (Wildman–Crippen LogP) is 1.82. The lowest BCUT2D eigenvalue weighted by Crippen LogP contribution is -2.27. The van der Waals surface area contributed by atoms with E-state index in [-0.39, 0.29) is 0 Å². The summed E-state index contributed by atoms with van der Waals surface area (Å²) in [6.07, 6.45) is 0.926. The van der Waals surface area contributed by atoms with Crippen molar-refractivity contribution in [2.75, 3.05) is 13.2 Å². The molecule has 1 aliphatic rings. The van der Waals surface area contributed by atoms with Gasteiger partial charge in [-0.1, -0.05) is 17.7 Å². The van der Waals surface area contributed by atoms with Crippen molar-refractivity contribution in [3.63, 3.8) is 0 Å². The third-order valence-electron chi connectivity index (χ3n) is 2.29. The first-order chi connectivity index (χ1) is 6.71. The molecule has 1 aromatic carbocycles. The van der Waals surface area contributed by atoms with Crippen LogP contribution in [0.2, 0.25) is 0 Å². The van der Waals surface area contributed by atoms with Crippen molar-refractivity contribution in [3.05, 3.63) is 29.8 Å². The van der Waals surface area contributed by atoms with E-state index in [9.17, 15) is 4.57 Å². The second-order valence-electron chi connectivity index (χ2n) is 3.48. The van der Waals surface area contributed by atoms with Crippen LogP contribution in [-0.4, -0.2) is 13.2 Å². The Morgan fingerprint density at radius 3 is 2.64 bits per heavy atom. The van der Waals surface area contributed by atoms with Crippen LogP contribution in [0.15, 0.2) is 24.3 Å². The standard InChI is InChI=1S/C10H14NO2P/c1-9-3-5-10(6-4-9)14(12)11-7-2-8-13-14/h3-6H,2,7-8H2,1H3,(H,11,12). The van der Waals surface area contributed by atoms with Gasteiger partial charge in [-0.3, -0.25) is 4.57 Å². The molecule has 2 rings (SSSR count). The quantitative estimate of drug-likeness (QED) is 0.720. The Kier molecular flexibility index (Phi) is 2.73. The van der Waals surface area contributed by atoms with Crippen LogP contribution in [0.4, 0.5) is 0 Å². The summed E-state index contributed by atoms with van der Waals surface area (Å²) < 4.78 is 17.5. The van der Waals surface area contributed by atoms with Crippen molar-refractivity contribution in [2.24, 2.45) is 0 Å². The van der Waals surface area contributed by atoms with Crippen LogP contribution in [0.1, 0.15) is 12.0 Å². The molecule has 1 aromatic rings. The highest BCUT2D eigenvalue weighted by Crippen LogP contribution is 2.42. The molecule has 0 saturated carbocycles. The predicted molar refractivity (Wildman–Crippen MR) is 57.0 cm³/mol. The minimum atomic E-state index is -2.74. The summed E-state index contributed by atoms with van der Waals surface area (Å²) in [4.78, 5) is 0. The molecule has 3 nitrogen and oxygen atoms in total. The van der Waals surface area contributed by atoms with Crippen molar-refractivity contribution in [2.45, 2.75) is 13.3 Å². The zero-order valence-electron chi connectivity index (χ0n) is 8.19. The summed E-state index contributed by atoms with van der Waals surface area (Å²) in [5, 5.41) is 3.73. The maximum atomic E-state index is 12.2. The van der Waals surface area contributed by atoms with Gasteiger partial charge in [0.05, 0.1) is 11.9 Å². The molecule has 1 atom stereocenters. The monoisotopic (exact) mass is 211 g/mol. The molecule has 1 unspecified atom stereocenters. The Hall–Kier alpha value is -0.630. The molecular weight excluding hydrogens is 197 g/mol. The zero-order valence-corrected chi connectivity index (χ0v) is 9.09. The highest BCUT2D eigenvalue weighted by Gasteiger charge is 2.27. The lowest BCUT2D eigenvalue weighted by molar-refractivity contribution is 0.285. The Bertz CT molecular complexity index is 351. The normalized spacial score (nSPS) is 27.5. The maximum Gasteiger partial charge on any atom is 0.299 e. The minimum absolute atomic E-state index is 0.582. The van der Waals surface area contributed by atoms with Gasteiger partial charge in [-0.15, -0.1) is 0 Å². The van der Waals surface area contributed by atoms with E-state index in [0.29, 0.717) is 6.61 Å². The topological polar surface area (TPSA) is 38.3 Å². The fourth-order valence-electron chi connectivity index (χ4n) is 1.44. The third-order valence-corrected chi connectivity index (χ3v) is 4.45. The van der Waals surface area contributed by atoms with E-state index in [1.54, 1.807) is 0 Å². The summed E-state index contributed by atoms with van der Waals surface area (Å²) in [7, 11) is -2.74. The van der Waals surface area contributed by atoms with Crippen LogP contribution in [0, 0.1) is 6.92 Å². The molecule has 1 fully saturated rings. The van der Waals surface area contributed by atoms with Gasteiger partial charge in [0.15, 0.2) is 0 Å². The maximum absolute atomic E-state index is 12.2. The summed E-state index contributed by atoms with van der Waals surface area (Å²) >= 11 is 0. The number of nitrogens with one attached hydrogen (secondary N) is 1. The Balaban J connectivity index is 2.28. The van der Waals surface area contributed by atoms with E-state index in [0.717, 1.165) is 23.8 Å². The zero-order chi connectivity index (χ0) is 10.0. The fraction of sp³-hybridized carbons (Fsp3) is 0.400. The van der Waals surface area contributed by atoms with Crippen LogP contribution < -0.4 is 10.4 Å². The van der Waals surface area contributed by atoms with Crippen LogP contribution in [0.25, 0.3) is 0 Å². The van der Waals surface area contributed by atoms with Crippen LogP contribution >= 0.6 is 7.52 Å². The molecule has 1 N–H and O–H groups in total. The summed E-state index contributed by atoms with van der Waals surface area (Å²) in [6.45, 7) is 3.36. The van der Waals surface area contributed by atoms with Crippen molar-refractivity contribution in [1.82, 2.24) is 5.09 Å².